The van der Waals surface area contributed by atoms with Crippen LogP contribution in [0.25, 0.3) is 10.9 Å². The van der Waals surface area contributed by atoms with E-state index in [2.05, 4.69) is 10.3 Å². The summed E-state index contributed by atoms with van der Waals surface area (Å²) in [4.78, 5) is 30.3. The van der Waals surface area contributed by atoms with Gasteiger partial charge in [-0.15, -0.1) is 0 Å². The van der Waals surface area contributed by atoms with E-state index in [1.807, 2.05) is 67.5 Å². The molecule has 27 heavy (non-hydrogen) atoms. The predicted molar refractivity (Wildman–Crippen MR) is 105 cm³/mol. The second-order valence-electron chi connectivity index (χ2n) is 6.30. The van der Waals surface area contributed by atoms with Crippen molar-refractivity contribution in [2.45, 2.75) is 6.54 Å². The molecule has 3 aromatic rings. The minimum Gasteiger partial charge on any atom is -0.451 e. The fourth-order valence-corrected chi connectivity index (χ4v) is 2.55. The quantitative estimate of drug-likeness (QED) is 0.682. The van der Waals surface area contributed by atoms with E-state index in [4.69, 9.17) is 4.74 Å². The molecule has 2 aromatic carbocycles. The Bertz CT molecular complexity index is 952. The number of ether oxygens (including phenoxy) is 1. The highest BCUT2D eigenvalue weighted by Gasteiger charge is 2.12. The monoisotopic (exact) mass is 363 g/mol. The van der Waals surface area contributed by atoms with Crippen LogP contribution in [0.1, 0.15) is 16.1 Å². The van der Waals surface area contributed by atoms with Crippen LogP contribution in [0.2, 0.25) is 0 Å². The van der Waals surface area contributed by atoms with E-state index in [0.717, 1.165) is 16.6 Å². The van der Waals surface area contributed by atoms with Crippen molar-refractivity contribution in [3.8, 4) is 0 Å². The molecule has 0 saturated heterocycles. The van der Waals surface area contributed by atoms with Crippen molar-refractivity contribution in [2.75, 3.05) is 25.6 Å². The van der Waals surface area contributed by atoms with Gasteiger partial charge in [0, 0.05) is 31.7 Å². The van der Waals surface area contributed by atoms with Crippen LogP contribution in [0.4, 0.5) is 5.69 Å². The van der Waals surface area contributed by atoms with Crippen LogP contribution >= 0.6 is 0 Å². The van der Waals surface area contributed by atoms with Crippen LogP contribution in [-0.2, 0) is 16.1 Å². The van der Waals surface area contributed by atoms with Gasteiger partial charge in [0.05, 0.1) is 5.52 Å². The van der Waals surface area contributed by atoms with Crippen molar-refractivity contribution < 1.29 is 14.3 Å². The minimum absolute atomic E-state index is 0.181. The highest BCUT2D eigenvalue weighted by atomic mass is 16.5. The van der Waals surface area contributed by atoms with Crippen LogP contribution in [0, 0.1) is 0 Å². The SMILES string of the molecule is CN(C)c1ccc(CNC(=O)COC(=O)c2ccc3ccccc3n2)cc1. The van der Waals surface area contributed by atoms with Crippen molar-refractivity contribution in [1.82, 2.24) is 10.3 Å². The Morgan fingerprint density at radius 3 is 2.48 bits per heavy atom. The summed E-state index contributed by atoms with van der Waals surface area (Å²) in [6.45, 7) is 0.0292. The van der Waals surface area contributed by atoms with E-state index < -0.39 is 5.97 Å². The van der Waals surface area contributed by atoms with Gasteiger partial charge in [0.1, 0.15) is 5.69 Å². The molecule has 0 radical (unpaired) electrons. The molecule has 1 N–H and O–H groups in total. The Hall–Kier alpha value is -3.41. The number of pyridine rings is 1. The summed E-state index contributed by atoms with van der Waals surface area (Å²) in [6.07, 6.45) is 0. The van der Waals surface area contributed by atoms with Crippen LogP contribution in [0.5, 0.6) is 0 Å². The number of hydrogen-bond donors (Lipinski definition) is 1. The molecule has 0 bridgehead atoms. The molecule has 0 fully saturated rings. The largest absolute Gasteiger partial charge is 0.451 e. The summed E-state index contributed by atoms with van der Waals surface area (Å²) in [5.74, 6) is -0.980. The topological polar surface area (TPSA) is 71.5 Å². The summed E-state index contributed by atoms with van der Waals surface area (Å²) in [5.41, 5.74) is 2.94. The average Bonchev–Trinajstić information content (AvgIpc) is 2.70. The number of benzene rings is 2. The number of nitrogens with zero attached hydrogens (tertiary/aromatic N) is 2. The van der Waals surface area contributed by atoms with Crippen LogP contribution in [0.15, 0.2) is 60.7 Å². The number of carbonyl (C=O) groups excluding carboxylic acids is 2. The van der Waals surface area contributed by atoms with Crippen LogP contribution in [0.3, 0.4) is 0 Å². The average molecular weight is 363 g/mol. The second-order valence-corrected chi connectivity index (χ2v) is 6.30. The number of rotatable bonds is 6. The lowest BCUT2D eigenvalue weighted by atomic mass is 10.2. The number of hydrogen-bond acceptors (Lipinski definition) is 5. The highest BCUT2D eigenvalue weighted by molar-refractivity contribution is 5.92. The Morgan fingerprint density at radius 1 is 1.00 bits per heavy atom. The summed E-state index contributed by atoms with van der Waals surface area (Å²) in [5, 5.41) is 3.67. The first kappa shape index (κ1) is 18.4. The summed E-state index contributed by atoms with van der Waals surface area (Å²) < 4.78 is 5.06. The van der Waals surface area contributed by atoms with Gasteiger partial charge in [0.15, 0.2) is 6.61 Å². The first-order valence-corrected chi connectivity index (χ1v) is 8.59. The summed E-state index contributed by atoms with van der Waals surface area (Å²) in [7, 11) is 3.94. The van der Waals surface area contributed by atoms with Gasteiger partial charge in [-0.25, -0.2) is 9.78 Å². The molecule has 1 aromatic heterocycles. The van der Waals surface area contributed by atoms with E-state index >= 15 is 0 Å². The molecule has 1 amide bonds. The number of esters is 1. The molecule has 0 unspecified atom stereocenters. The normalized spacial score (nSPS) is 10.4. The maximum absolute atomic E-state index is 12.1. The first-order chi connectivity index (χ1) is 13.0. The zero-order valence-electron chi connectivity index (χ0n) is 15.3. The van der Waals surface area contributed by atoms with E-state index in [1.54, 1.807) is 12.1 Å². The lowest BCUT2D eigenvalue weighted by molar-refractivity contribution is -0.124. The molecule has 0 aliphatic carbocycles. The molecular formula is C21H21N3O3. The number of nitrogens with one attached hydrogen (secondary N) is 1. The van der Waals surface area contributed by atoms with Crippen molar-refractivity contribution >= 4 is 28.5 Å². The third kappa shape index (κ3) is 4.82. The third-order valence-electron chi connectivity index (χ3n) is 4.08. The van der Waals surface area contributed by atoms with E-state index in [-0.39, 0.29) is 18.2 Å². The molecule has 0 saturated carbocycles. The van der Waals surface area contributed by atoms with Gasteiger partial charge in [0.2, 0.25) is 0 Å². The van der Waals surface area contributed by atoms with E-state index in [0.29, 0.717) is 12.1 Å². The standard InChI is InChI=1S/C21H21N3O3/c1-24(2)17-10-7-15(8-11-17)13-22-20(25)14-27-21(26)19-12-9-16-5-3-4-6-18(16)23-19/h3-12H,13-14H2,1-2H3,(H,22,25). The maximum atomic E-state index is 12.1. The lowest BCUT2D eigenvalue weighted by Crippen LogP contribution is -2.28. The number of carbonyl (C=O) groups is 2. The van der Waals surface area contributed by atoms with Gasteiger partial charge in [-0.1, -0.05) is 36.4 Å². The molecule has 0 spiro atoms. The minimum atomic E-state index is -0.619. The van der Waals surface area contributed by atoms with Gasteiger partial charge in [0.25, 0.3) is 5.91 Å². The van der Waals surface area contributed by atoms with E-state index in [9.17, 15) is 9.59 Å². The summed E-state index contributed by atoms with van der Waals surface area (Å²) in [6, 6.07) is 18.7. The Balaban J connectivity index is 1.49. The number of fused-ring (bicyclic) bond motifs is 1. The zero-order chi connectivity index (χ0) is 19.2. The molecule has 6 heteroatoms. The van der Waals surface area contributed by atoms with Crippen molar-refractivity contribution in [3.63, 3.8) is 0 Å². The number of amides is 1. The number of anilines is 1. The molecule has 3 rings (SSSR count). The van der Waals surface area contributed by atoms with Crippen molar-refractivity contribution in [3.05, 3.63) is 71.9 Å². The highest BCUT2D eigenvalue weighted by Crippen LogP contribution is 2.13. The molecular weight excluding hydrogens is 342 g/mol. The molecule has 0 aliphatic heterocycles. The Morgan fingerprint density at radius 2 is 1.74 bits per heavy atom. The van der Waals surface area contributed by atoms with Gasteiger partial charge in [-0.05, 0) is 29.8 Å². The van der Waals surface area contributed by atoms with Crippen molar-refractivity contribution in [1.29, 1.82) is 0 Å². The lowest BCUT2D eigenvalue weighted by Gasteiger charge is -2.13. The number of para-hydroxylation sites is 1. The van der Waals surface area contributed by atoms with Gasteiger partial charge in [-0.3, -0.25) is 4.79 Å². The Kier molecular flexibility index (Phi) is 5.66. The van der Waals surface area contributed by atoms with Gasteiger partial charge < -0.3 is 15.0 Å². The van der Waals surface area contributed by atoms with Crippen molar-refractivity contribution in [2.24, 2.45) is 0 Å². The fourth-order valence-electron chi connectivity index (χ4n) is 2.55. The fraction of sp³-hybridized carbons (Fsp3) is 0.190. The molecule has 138 valence electrons. The van der Waals surface area contributed by atoms with Gasteiger partial charge in [-0.2, -0.15) is 0 Å². The summed E-state index contributed by atoms with van der Waals surface area (Å²) >= 11 is 0. The molecule has 0 atom stereocenters. The first-order valence-electron chi connectivity index (χ1n) is 8.59. The maximum Gasteiger partial charge on any atom is 0.357 e. The second kappa shape index (κ2) is 8.31. The smallest absolute Gasteiger partial charge is 0.357 e. The molecule has 6 nitrogen and oxygen atoms in total. The van der Waals surface area contributed by atoms with Crippen LogP contribution in [-0.4, -0.2) is 37.6 Å². The molecule has 1 heterocycles. The van der Waals surface area contributed by atoms with E-state index in [1.165, 1.54) is 0 Å². The Labute approximate surface area is 157 Å². The number of aromatic nitrogens is 1. The zero-order valence-corrected chi connectivity index (χ0v) is 15.3. The van der Waals surface area contributed by atoms with Crippen LogP contribution < -0.4 is 10.2 Å². The predicted octanol–water partition coefficient (Wildman–Crippen LogP) is 2.77. The van der Waals surface area contributed by atoms with Gasteiger partial charge >= 0.3 is 5.97 Å². The third-order valence-corrected chi connectivity index (χ3v) is 4.08. The molecule has 0 aliphatic rings.